The molecule has 0 heterocycles. The Morgan fingerprint density at radius 2 is 0.466 bits per heavy atom. The van der Waals surface area contributed by atoms with Crippen LogP contribution in [-0.4, -0.2) is 37.2 Å². The Morgan fingerprint density at radius 1 is 0.276 bits per heavy atom. The smallest absolute Gasteiger partial charge is 0.306 e. The van der Waals surface area contributed by atoms with E-state index in [9.17, 15) is 14.4 Å². The van der Waals surface area contributed by atoms with Crippen LogP contribution in [0.2, 0.25) is 0 Å². The van der Waals surface area contributed by atoms with E-state index in [1.807, 2.05) is 0 Å². The molecule has 0 aliphatic carbocycles. The molecule has 1 atom stereocenters. The zero-order valence-electron chi connectivity index (χ0n) is 39.3. The molecule has 0 unspecified atom stereocenters. The SMILES string of the molecule is CCCCCCCCCCCCCCCCCCCCCC(=O)OC[C@@H](COC(=O)CCCCCCCCCCCCCCCC)OC(=O)CCCCCCCCC. The summed E-state index contributed by atoms with van der Waals surface area (Å²) in [7, 11) is 0. The van der Waals surface area contributed by atoms with Crippen LogP contribution in [0, 0.1) is 0 Å². The number of hydrogen-bond donors (Lipinski definition) is 0. The third kappa shape index (κ3) is 45.5. The van der Waals surface area contributed by atoms with Crippen molar-refractivity contribution < 1.29 is 28.6 Å². The normalized spacial score (nSPS) is 11.8. The van der Waals surface area contributed by atoms with E-state index < -0.39 is 6.10 Å². The molecule has 0 aliphatic rings. The molecular formula is C52H100O6. The summed E-state index contributed by atoms with van der Waals surface area (Å²) in [6.45, 7) is 6.64. The van der Waals surface area contributed by atoms with E-state index in [0.717, 1.165) is 57.8 Å². The Hall–Kier alpha value is -1.59. The van der Waals surface area contributed by atoms with Crippen LogP contribution in [0.25, 0.3) is 0 Å². The number of carbonyl (C=O) groups excluding carboxylic acids is 3. The van der Waals surface area contributed by atoms with Gasteiger partial charge in [-0.05, 0) is 19.3 Å². The largest absolute Gasteiger partial charge is 0.462 e. The average Bonchev–Trinajstić information content (AvgIpc) is 3.22. The zero-order chi connectivity index (χ0) is 42.3. The van der Waals surface area contributed by atoms with Crippen molar-refractivity contribution >= 4 is 17.9 Å². The van der Waals surface area contributed by atoms with E-state index in [1.54, 1.807) is 0 Å². The van der Waals surface area contributed by atoms with Gasteiger partial charge in [0.2, 0.25) is 0 Å². The molecule has 0 amide bonds. The van der Waals surface area contributed by atoms with E-state index in [-0.39, 0.29) is 31.1 Å². The van der Waals surface area contributed by atoms with Gasteiger partial charge in [0.1, 0.15) is 13.2 Å². The predicted molar refractivity (Wildman–Crippen MR) is 247 cm³/mol. The minimum absolute atomic E-state index is 0.0626. The summed E-state index contributed by atoms with van der Waals surface area (Å²) in [5, 5.41) is 0. The first-order valence-corrected chi connectivity index (χ1v) is 26.0. The number of carbonyl (C=O) groups is 3. The maximum absolute atomic E-state index is 12.7. The average molecular weight is 821 g/mol. The molecule has 0 saturated heterocycles. The lowest BCUT2D eigenvalue weighted by atomic mass is 10.0. The molecule has 0 spiro atoms. The highest BCUT2D eigenvalue weighted by molar-refractivity contribution is 5.71. The summed E-state index contributed by atoms with van der Waals surface area (Å²) in [6.07, 6.45) is 51.1. The summed E-state index contributed by atoms with van der Waals surface area (Å²) in [5.41, 5.74) is 0. The van der Waals surface area contributed by atoms with Gasteiger partial charge in [0.05, 0.1) is 0 Å². The molecule has 6 heteroatoms. The van der Waals surface area contributed by atoms with Gasteiger partial charge in [-0.25, -0.2) is 0 Å². The van der Waals surface area contributed by atoms with Gasteiger partial charge >= 0.3 is 17.9 Å². The summed E-state index contributed by atoms with van der Waals surface area (Å²) >= 11 is 0. The first-order valence-electron chi connectivity index (χ1n) is 26.0. The number of ether oxygens (including phenoxy) is 3. The van der Waals surface area contributed by atoms with Crippen molar-refractivity contribution in [3.8, 4) is 0 Å². The third-order valence-corrected chi connectivity index (χ3v) is 11.9. The maximum Gasteiger partial charge on any atom is 0.306 e. The van der Waals surface area contributed by atoms with E-state index in [0.29, 0.717) is 19.3 Å². The molecule has 0 aromatic rings. The van der Waals surface area contributed by atoms with Crippen molar-refractivity contribution in [2.45, 2.75) is 303 Å². The van der Waals surface area contributed by atoms with Crippen LogP contribution in [0.1, 0.15) is 297 Å². The fraction of sp³-hybridized carbons (Fsp3) is 0.942. The zero-order valence-corrected chi connectivity index (χ0v) is 39.3. The third-order valence-electron chi connectivity index (χ3n) is 11.9. The Balaban J connectivity index is 4.13. The van der Waals surface area contributed by atoms with Crippen LogP contribution in [0.15, 0.2) is 0 Å². The first kappa shape index (κ1) is 56.4. The van der Waals surface area contributed by atoms with Crippen LogP contribution in [-0.2, 0) is 28.6 Å². The first-order chi connectivity index (χ1) is 28.5. The fourth-order valence-electron chi connectivity index (χ4n) is 7.92. The highest BCUT2D eigenvalue weighted by Crippen LogP contribution is 2.17. The molecule has 0 radical (unpaired) electrons. The van der Waals surface area contributed by atoms with Gasteiger partial charge < -0.3 is 14.2 Å². The standard InChI is InChI=1S/C52H100O6/c1-4-7-10-13-16-18-20-22-24-25-26-27-28-30-32-34-37-39-42-45-51(54)57-48-49(58-52(55)46-43-40-35-15-12-9-6-3)47-56-50(53)44-41-38-36-33-31-29-23-21-19-17-14-11-8-5-2/h49H,4-48H2,1-3H3/t49-/m1/s1. The van der Waals surface area contributed by atoms with Gasteiger partial charge in [0.25, 0.3) is 0 Å². The number of hydrogen-bond acceptors (Lipinski definition) is 6. The Bertz CT molecular complexity index is 859. The topological polar surface area (TPSA) is 78.9 Å². The molecule has 0 N–H and O–H groups in total. The Morgan fingerprint density at radius 3 is 0.690 bits per heavy atom. The minimum Gasteiger partial charge on any atom is -0.462 e. The van der Waals surface area contributed by atoms with Crippen molar-refractivity contribution in [1.29, 1.82) is 0 Å². The van der Waals surface area contributed by atoms with Gasteiger partial charge in [-0.2, -0.15) is 0 Å². The molecule has 0 aromatic carbocycles. The lowest BCUT2D eigenvalue weighted by Crippen LogP contribution is -2.30. The summed E-state index contributed by atoms with van der Waals surface area (Å²) in [4.78, 5) is 37.8. The van der Waals surface area contributed by atoms with Crippen molar-refractivity contribution in [3.05, 3.63) is 0 Å². The molecule has 0 fully saturated rings. The molecule has 0 aliphatic heterocycles. The second kappa shape index (κ2) is 48.1. The number of unbranched alkanes of at least 4 members (excludes halogenated alkanes) is 37. The highest BCUT2D eigenvalue weighted by atomic mass is 16.6. The predicted octanol–water partition coefficient (Wildman–Crippen LogP) is 16.8. The molecule has 0 aromatic heterocycles. The van der Waals surface area contributed by atoms with E-state index in [2.05, 4.69) is 20.8 Å². The van der Waals surface area contributed by atoms with E-state index in [1.165, 1.54) is 199 Å². The lowest BCUT2D eigenvalue weighted by molar-refractivity contribution is -0.167. The monoisotopic (exact) mass is 821 g/mol. The summed E-state index contributed by atoms with van der Waals surface area (Å²) < 4.78 is 16.7. The molecule has 0 saturated carbocycles. The van der Waals surface area contributed by atoms with Crippen molar-refractivity contribution in [1.82, 2.24) is 0 Å². The van der Waals surface area contributed by atoms with Gasteiger partial charge in [0.15, 0.2) is 6.10 Å². The highest BCUT2D eigenvalue weighted by Gasteiger charge is 2.19. The molecule has 6 nitrogen and oxygen atoms in total. The van der Waals surface area contributed by atoms with Gasteiger partial charge in [-0.3, -0.25) is 14.4 Å². The van der Waals surface area contributed by atoms with E-state index >= 15 is 0 Å². The molecular weight excluding hydrogens is 721 g/mol. The Labute approximate surface area is 361 Å². The number of esters is 3. The van der Waals surface area contributed by atoms with E-state index in [4.69, 9.17) is 14.2 Å². The van der Waals surface area contributed by atoms with Crippen molar-refractivity contribution in [3.63, 3.8) is 0 Å². The van der Waals surface area contributed by atoms with Crippen LogP contribution in [0.4, 0.5) is 0 Å². The molecule has 344 valence electrons. The van der Waals surface area contributed by atoms with Gasteiger partial charge in [-0.15, -0.1) is 0 Å². The van der Waals surface area contributed by atoms with Crippen molar-refractivity contribution in [2.24, 2.45) is 0 Å². The second-order valence-electron chi connectivity index (χ2n) is 17.8. The van der Waals surface area contributed by atoms with Crippen LogP contribution >= 0.6 is 0 Å². The molecule has 0 bridgehead atoms. The molecule has 58 heavy (non-hydrogen) atoms. The maximum atomic E-state index is 12.7. The summed E-state index contributed by atoms with van der Waals surface area (Å²) in [6, 6.07) is 0. The minimum atomic E-state index is -0.758. The summed E-state index contributed by atoms with van der Waals surface area (Å²) in [5.74, 6) is -0.849. The molecule has 0 rings (SSSR count). The quantitative estimate of drug-likeness (QED) is 0.0346. The van der Waals surface area contributed by atoms with Crippen LogP contribution in [0.3, 0.4) is 0 Å². The van der Waals surface area contributed by atoms with Crippen LogP contribution in [0.5, 0.6) is 0 Å². The van der Waals surface area contributed by atoms with Crippen molar-refractivity contribution in [2.75, 3.05) is 13.2 Å². The van der Waals surface area contributed by atoms with Gasteiger partial charge in [0, 0.05) is 19.3 Å². The second-order valence-corrected chi connectivity index (χ2v) is 17.8. The Kier molecular flexibility index (Phi) is 46.8. The van der Waals surface area contributed by atoms with Gasteiger partial charge in [-0.1, -0.05) is 258 Å². The van der Waals surface area contributed by atoms with Crippen LogP contribution < -0.4 is 0 Å². The lowest BCUT2D eigenvalue weighted by Gasteiger charge is -2.18. The number of rotatable bonds is 48. The fourth-order valence-corrected chi connectivity index (χ4v) is 7.92.